The van der Waals surface area contributed by atoms with Gasteiger partial charge in [-0.1, -0.05) is 0 Å². The number of aromatic nitrogens is 3. The normalized spacial score (nSPS) is 11.0. The van der Waals surface area contributed by atoms with E-state index >= 15 is 0 Å². The molecule has 0 aliphatic carbocycles. The molecule has 0 bridgehead atoms. The maximum Gasteiger partial charge on any atom is 0.250 e. The van der Waals surface area contributed by atoms with Crippen molar-refractivity contribution in [3.8, 4) is 22.6 Å². The van der Waals surface area contributed by atoms with Crippen molar-refractivity contribution in [1.29, 1.82) is 0 Å². The van der Waals surface area contributed by atoms with Crippen LogP contribution >= 0.6 is 0 Å². The van der Waals surface area contributed by atoms with E-state index in [0.29, 0.717) is 37.8 Å². The monoisotopic (exact) mass is 356 g/mol. The van der Waals surface area contributed by atoms with Gasteiger partial charge in [-0.05, 0) is 18.2 Å². The van der Waals surface area contributed by atoms with Crippen LogP contribution in [0.15, 0.2) is 52.1 Å². The minimum atomic E-state index is -0.111. The number of methoxy groups -OCH3 is 1. The van der Waals surface area contributed by atoms with Crippen LogP contribution in [0.3, 0.4) is 0 Å². The predicted octanol–water partition coefficient (Wildman–Crippen LogP) is 1.81. The molecular formula is C18H20N4O4. The van der Waals surface area contributed by atoms with E-state index in [-0.39, 0.29) is 11.5 Å². The van der Waals surface area contributed by atoms with Crippen LogP contribution in [0.5, 0.6) is 0 Å². The molecule has 0 aliphatic rings. The second-order valence-corrected chi connectivity index (χ2v) is 5.52. The first-order chi connectivity index (χ1) is 12.7. The maximum absolute atomic E-state index is 12.1. The number of anilines is 1. The summed E-state index contributed by atoms with van der Waals surface area (Å²) in [6, 6.07) is 6.80. The number of nitrogen functional groups attached to an aromatic ring is 1. The highest BCUT2D eigenvalue weighted by molar-refractivity contribution is 5.78. The second-order valence-electron chi connectivity index (χ2n) is 5.52. The van der Waals surface area contributed by atoms with Crippen LogP contribution in [0.25, 0.3) is 22.6 Å². The molecule has 0 amide bonds. The van der Waals surface area contributed by atoms with E-state index in [0.717, 1.165) is 11.1 Å². The zero-order valence-electron chi connectivity index (χ0n) is 14.4. The van der Waals surface area contributed by atoms with Gasteiger partial charge < -0.3 is 24.2 Å². The summed E-state index contributed by atoms with van der Waals surface area (Å²) in [6.07, 6.45) is 4.94. The quantitative estimate of drug-likeness (QED) is 0.614. The summed E-state index contributed by atoms with van der Waals surface area (Å²) in [7, 11) is 1.61. The van der Waals surface area contributed by atoms with Crippen LogP contribution in [0.2, 0.25) is 0 Å². The van der Waals surface area contributed by atoms with Gasteiger partial charge in [-0.2, -0.15) is 0 Å². The maximum atomic E-state index is 12.1. The number of rotatable bonds is 8. The Bertz CT molecular complexity index is 906. The van der Waals surface area contributed by atoms with E-state index in [1.807, 2.05) is 0 Å². The van der Waals surface area contributed by atoms with Crippen molar-refractivity contribution in [2.24, 2.45) is 0 Å². The van der Waals surface area contributed by atoms with E-state index in [4.69, 9.17) is 19.6 Å². The summed E-state index contributed by atoms with van der Waals surface area (Å²) < 4.78 is 17.4. The third-order valence-corrected chi connectivity index (χ3v) is 3.76. The zero-order valence-corrected chi connectivity index (χ0v) is 14.4. The van der Waals surface area contributed by atoms with E-state index in [2.05, 4.69) is 9.97 Å². The molecule has 8 nitrogen and oxygen atoms in total. The standard InChI is InChI=1S/C18H20N4O4/c1-24-9-10-25-8-6-22-12-13(4-5-16(22)23)14-11-20-18(19)21-17(14)15-3-2-7-26-15/h2-5,7,11-12H,6,8-10H2,1H3,(H2,19,20,21). The Hall–Kier alpha value is -2.97. The fourth-order valence-electron chi connectivity index (χ4n) is 2.48. The van der Waals surface area contributed by atoms with Gasteiger partial charge >= 0.3 is 0 Å². The molecule has 8 heteroatoms. The highest BCUT2D eigenvalue weighted by atomic mass is 16.5. The van der Waals surface area contributed by atoms with Crippen LogP contribution < -0.4 is 11.3 Å². The summed E-state index contributed by atoms with van der Waals surface area (Å²) in [6.45, 7) is 1.85. The van der Waals surface area contributed by atoms with Crippen LogP contribution in [-0.4, -0.2) is 41.5 Å². The molecule has 0 aromatic carbocycles. The Morgan fingerprint density at radius 1 is 1.23 bits per heavy atom. The molecule has 0 spiro atoms. The number of nitrogens with zero attached hydrogens (tertiary/aromatic N) is 3. The number of hydrogen-bond acceptors (Lipinski definition) is 7. The van der Waals surface area contributed by atoms with Gasteiger partial charge in [-0.25, -0.2) is 9.97 Å². The average Bonchev–Trinajstić information content (AvgIpc) is 3.18. The van der Waals surface area contributed by atoms with E-state index in [9.17, 15) is 4.79 Å². The van der Waals surface area contributed by atoms with Crippen molar-refractivity contribution in [3.05, 3.63) is 53.3 Å². The topological polar surface area (TPSA) is 105 Å². The van der Waals surface area contributed by atoms with Gasteiger partial charge in [0.15, 0.2) is 5.76 Å². The summed E-state index contributed by atoms with van der Waals surface area (Å²) >= 11 is 0. The SMILES string of the molecule is COCCOCCn1cc(-c2cnc(N)nc2-c2ccco2)ccc1=O. The molecule has 0 radical (unpaired) electrons. The third kappa shape index (κ3) is 4.16. The molecule has 3 aromatic heterocycles. The minimum Gasteiger partial charge on any atom is -0.463 e. The summed E-state index contributed by atoms with van der Waals surface area (Å²) in [4.78, 5) is 20.5. The van der Waals surface area contributed by atoms with Crippen molar-refractivity contribution in [2.75, 3.05) is 32.7 Å². The Balaban J connectivity index is 1.88. The van der Waals surface area contributed by atoms with Crippen LogP contribution in [-0.2, 0) is 16.0 Å². The van der Waals surface area contributed by atoms with Crippen LogP contribution in [0, 0.1) is 0 Å². The summed E-state index contributed by atoms with van der Waals surface area (Å²) in [5.74, 6) is 0.731. The Kier molecular flexibility index (Phi) is 5.77. The molecular weight excluding hydrogens is 336 g/mol. The average molecular weight is 356 g/mol. The molecule has 0 fully saturated rings. The van der Waals surface area contributed by atoms with Gasteiger partial charge in [0.1, 0.15) is 5.69 Å². The van der Waals surface area contributed by atoms with E-state index in [1.54, 1.807) is 48.5 Å². The smallest absolute Gasteiger partial charge is 0.250 e. The highest BCUT2D eigenvalue weighted by Gasteiger charge is 2.14. The summed E-state index contributed by atoms with van der Waals surface area (Å²) in [5, 5.41) is 0. The number of nitrogens with two attached hydrogens (primary N) is 1. The predicted molar refractivity (Wildman–Crippen MR) is 96.5 cm³/mol. The zero-order chi connectivity index (χ0) is 18.4. The molecule has 26 heavy (non-hydrogen) atoms. The van der Waals surface area contributed by atoms with Gasteiger partial charge in [0, 0.05) is 43.2 Å². The van der Waals surface area contributed by atoms with Gasteiger partial charge in [0.05, 0.1) is 26.1 Å². The number of furan rings is 1. The van der Waals surface area contributed by atoms with Crippen molar-refractivity contribution in [3.63, 3.8) is 0 Å². The number of hydrogen-bond donors (Lipinski definition) is 1. The van der Waals surface area contributed by atoms with Crippen molar-refractivity contribution < 1.29 is 13.9 Å². The van der Waals surface area contributed by atoms with Gasteiger partial charge in [0.25, 0.3) is 5.56 Å². The molecule has 0 atom stereocenters. The van der Waals surface area contributed by atoms with E-state index < -0.39 is 0 Å². The lowest BCUT2D eigenvalue weighted by molar-refractivity contribution is 0.0663. The van der Waals surface area contributed by atoms with E-state index in [1.165, 1.54) is 6.07 Å². The highest BCUT2D eigenvalue weighted by Crippen LogP contribution is 2.30. The second kappa shape index (κ2) is 8.41. The minimum absolute atomic E-state index is 0.111. The van der Waals surface area contributed by atoms with Gasteiger partial charge in [0.2, 0.25) is 5.95 Å². The molecule has 136 valence electrons. The molecule has 0 saturated heterocycles. The Morgan fingerprint density at radius 2 is 2.12 bits per heavy atom. The Morgan fingerprint density at radius 3 is 2.88 bits per heavy atom. The number of ether oxygens (including phenoxy) is 2. The lowest BCUT2D eigenvalue weighted by Gasteiger charge is -2.11. The first-order valence-corrected chi connectivity index (χ1v) is 8.13. The fourth-order valence-corrected chi connectivity index (χ4v) is 2.48. The molecule has 2 N–H and O–H groups in total. The molecule has 0 saturated carbocycles. The molecule has 0 aliphatic heterocycles. The van der Waals surface area contributed by atoms with Crippen LogP contribution in [0.4, 0.5) is 5.95 Å². The molecule has 3 rings (SSSR count). The van der Waals surface area contributed by atoms with Crippen molar-refractivity contribution >= 4 is 5.95 Å². The van der Waals surface area contributed by atoms with Gasteiger partial charge in [-0.3, -0.25) is 4.79 Å². The van der Waals surface area contributed by atoms with Crippen molar-refractivity contribution in [2.45, 2.75) is 6.54 Å². The first kappa shape index (κ1) is 17.8. The van der Waals surface area contributed by atoms with Crippen molar-refractivity contribution in [1.82, 2.24) is 14.5 Å². The van der Waals surface area contributed by atoms with Gasteiger partial charge in [-0.15, -0.1) is 0 Å². The molecule has 3 aromatic rings. The lowest BCUT2D eigenvalue weighted by atomic mass is 10.1. The third-order valence-electron chi connectivity index (χ3n) is 3.76. The summed E-state index contributed by atoms with van der Waals surface area (Å²) in [5.41, 5.74) is 7.70. The first-order valence-electron chi connectivity index (χ1n) is 8.13. The van der Waals surface area contributed by atoms with Crippen LogP contribution in [0.1, 0.15) is 0 Å². The Labute approximate surface area is 150 Å². The fraction of sp³-hybridized carbons (Fsp3) is 0.278. The molecule has 3 heterocycles. The lowest BCUT2D eigenvalue weighted by Crippen LogP contribution is -2.21. The molecule has 0 unspecified atom stereocenters. The number of pyridine rings is 1. The largest absolute Gasteiger partial charge is 0.463 e.